The number of ether oxygens (including phenoxy) is 2. The molecule has 1 aliphatic rings. The number of hydrogen-bond donors (Lipinski definition) is 2. The molecule has 0 spiro atoms. The van der Waals surface area contributed by atoms with Gasteiger partial charge in [0.1, 0.15) is 24.7 Å². The third-order valence-electron chi connectivity index (χ3n) is 8.31. The highest BCUT2D eigenvalue weighted by molar-refractivity contribution is 7.80. The number of rotatable bonds is 11. The maximum absolute atomic E-state index is 13.8. The van der Waals surface area contributed by atoms with E-state index in [1.54, 1.807) is 36.4 Å². The summed E-state index contributed by atoms with van der Waals surface area (Å²) >= 11 is 5.52. The van der Waals surface area contributed by atoms with Crippen molar-refractivity contribution in [3.05, 3.63) is 162 Å². The van der Waals surface area contributed by atoms with Crippen molar-refractivity contribution in [3.8, 4) is 11.5 Å². The Balaban J connectivity index is 1.05. The maximum atomic E-state index is 13.8. The lowest BCUT2D eigenvalue weighted by Crippen LogP contribution is -2.50. The fraction of sp³-hybridized carbons (Fsp3) is 0.175. The minimum atomic E-state index is -0.427. The molecule has 2 amide bonds. The van der Waals surface area contributed by atoms with Crippen LogP contribution in [0.1, 0.15) is 37.9 Å². The van der Waals surface area contributed by atoms with Gasteiger partial charge >= 0.3 is 0 Å². The lowest BCUT2D eigenvalue weighted by atomic mass is 9.96. The first-order valence-corrected chi connectivity index (χ1v) is 16.7. The third kappa shape index (κ3) is 8.70. The van der Waals surface area contributed by atoms with Gasteiger partial charge in [-0.2, -0.15) is 0 Å². The van der Waals surface area contributed by atoms with E-state index in [0.29, 0.717) is 42.3 Å². The third-order valence-corrected chi connectivity index (χ3v) is 8.52. The van der Waals surface area contributed by atoms with E-state index in [0.717, 1.165) is 18.8 Å². The molecular weight excluding hydrogens is 633 g/mol. The first-order valence-electron chi connectivity index (χ1n) is 16.3. The summed E-state index contributed by atoms with van der Waals surface area (Å²) in [4.78, 5) is 31.4. The van der Waals surface area contributed by atoms with Crippen LogP contribution in [0.3, 0.4) is 0 Å². The molecule has 5 aromatic rings. The molecule has 0 unspecified atom stereocenters. The second-order valence-corrected chi connectivity index (χ2v) is 11.9. The van der Waals surface area contributed by atoms with Crippen molar-refractivity contribution in [2.24, 2.45) is 0 Å². The second kappa shape index (κ2) is 16.5. The molecule has 1 heterocycles. The van der Waals surface area contributed by atoms with E-state index in [-0.39, 0.29) is 23.7 Å². The standard InChI is InChI=1S/C40H38N4O4S/c45-38(34-21-11-13-23-36(34)48-29-28-47-32-18-8-3-9-19-32)42-40(49)41-35-22-12-10-20-33(35)39(46)44-26-24-43(25-27-44)37(30-14-4-1-5-15-30)31-16-6-2-7-17-31/h1-23,37H,24-29H2,(H2,41,42,45,49). The normalized spacial score (nSPS) is 13.0. The first-order chi connectivity index (χ1) is 24.1. The van der Waals surface area contributed by atoms with Crippen LogP contribution in [0.25, 0.3) is 0 Å². The summed E-state index contributed by atoms with van der Waals surface area (Å²) < 4.78 is 11.6. The minimum absolute atomic E-state index is 0.0749. The molecule has 0 aromatic heterocycles. The summed E-state index contributed by atoms with van der Waals surface area (Å²) in [6.07, 6.45) is 0. The van der Waals surface area contributed by atoms with Crippen molar-refractivity contribution >= 4 is 34.8 Å². The number of para-hydroxylation sites is 3. The fourth-order valence-corrected chi connectivity index (χ4v) is 6.15. The van der Waals surface area contributed by atoms with E-state index < -0.39 is 5.91 Å². The van der Waals surface area contributed by atoms with Crippen LogP contribution in [0.2, 0.25) is 0 Å². The van der Waals surface area contributed by atoms with Gasteiger partial charge < -0.3 is 19.7 Å². The molecule has 9 heteroatoms. The topological polar surface area (TPSA) is 83.1 Å². The first kappa shape index (κ1) is 33.4. The molecule has 2 N–H and O–H groups in total. The van der Waals surface area contributed by atoms with Crippen LogP contribution < -0.4 is 20.1 Å². The SMILES string of the molecule is O=C(NC(=S)Nc1ccccc1C(=O)N1CCN(C(c2ccccc2)c2ccccc2)CC1)c1ccccc1OCCOc1ccccc1. The number of anilines is 1. The highest BCUT2D eigenvalue weighted by Gasteiger charge is 2.29. The van der Waals surface area contributed by atoms with E-state index in [1.807, 2.05) is 59.5 Å². The number of piperazine rings is 1. The predicted octanol–water partition coefficient (Wildman–Crippen LogP) is 6.82. The van der Waals surface area contributed by atoms with Crippen molar-refractivity contribution in [1.82, 2.24) is 15.1 Å². The molecule has 0 saturated carbocycles. The van der Waals surface area contributed by atoms with Crippen LogP contribution in [-0.4, -0.2) is 66.1 Å². The van der Waals surface area contributed by atoms with Gasteiger partial charge in [-0.15, -0.1) is 0 Å². The van der Waals surface area contributed by atoms with E-state index in [9.17, 15) is 9.59 Å². The summed E-state index contributed by atoms with van der Waals surface area (Å²) in [7, 11) is 0. The number of carbonyl (C=O) groups excluding carboxylic acids is 2. The van der Waals surface area contributed by atoms with Crippen LogP contribution in [-0.2, 0) is 0 Å². The van der Waals surface area contributed by atoms with Crippen LogP contribution in [0.4, 0.5) is 5.69 Å². The molecule has 248 valence electrons. The zero-order valence-corrected chi connectivity index (χ0v) is 27.9. The molecule has 8 nitrogen and oxygen atoms in total. The summed E-state index contributed by atoms with van der Waals surface area (Å²) in [5, 5.41) is 5.88. The lowest BCUT2D eigenvalue weighted by Gasteiger charge is -2.40. The van der Waals surface area contributed by atoms with E-state index in [1.165, 1.54) is 11.1 Å². The van der Waals surface area contributed by atoms with Crippen molar-refractivity contribution in [1.29, 1.82) is 0 Å². The number of hydrogen-bond acceptors (Lipinski definition) is 6. The maximum Gasteiger partial charge on any atom is 0.261 e. The number of amides is 2. The summed E-state index contributed by atoms with van der Waals surface area (Å²) in [5.41, 5.74) is 3.79. The largest absolute Gasteiger partial charge is 0.490 e. The Morgan fingerprint density at radius 1 is 0.633 bits per heavy atom. The molecule has 1 aliphatic heterocycles. The Labute approximate surface area is 292 Å². The van der Waals surface area contributed by atoms with Crippen LogP contribution >= 0.6 is 12.2 Å². The van der Waals surface area contributed by atoms with Crippen molar-refractivity contribution < 1.29 is 19.1 Å². The van der Waals surface area contributed by atoms with Gasteiger partial charge in [0.05, 0.1) is 22.9 Å². The molecule has 49 heavy (non-hydrogen) atoms. The molecule has 6 rings (SSSR count). The number of carbonyl (C=O) groups is 2. The van der Waals surface area contributed by atoms with Gasteiger partial charge in [0.25, 0.3) is 11.8 Å². The molecule has 0 bridgehead atoms. The summed E-state index contributed by atoms with van der Waals surface area (Å²) in [5.74, 6) is 0.637. The average Bonchev–Trinajstić information content (AvgIpc) is 3.15. The van der Waals surface area contributed by atoms with E-state index >= 15 is 0 Å². The second-order valence-electron chi connectivity index (χ2n) is 11.5. The highest BCUT2D eigenvalue weighted by Crippen LogP contribution is 2.30. The van der Waals surface area contributed by atoms with Crippen LogP contribution in [0.5, 0.6) is 11.5 Å². The van der Waals surface area contributed by atoms with E-state index in [2.05, 4.69) is 64.1 Å². The van der Waals surface area contributed by atoms with Crippen molar-refractivity contribution in [3.63, 3.8) is 0 Å². The Hall–Kier alpha value is -5.51. The van der Waals surface area contributed by atoms with Gasteiger partial charge in [-0.25, -0.2) is 0 Å². The van der Waals surface area contributed by atoms with Gasteiger partial charge in [0.15, 0.2) is 5.11 Å². The van der Waals surface area contributed by atoms with Crippen molar-refractivity contribution in [2.75, 3.05) is 44.7 Å². The van der Waals surface area contributed by atoms with Gasteiger partial charge in [-0.05, 0) is 59.7 Å². The zero-order chi connectivity index (χ0) is 33.8. The number of thiocarbonyl (C=S) groups is 1. The molecule has 1 fully saturated rings. The molecule has 0 radical (unpaired) electrons. The lowest BCUT2D eigenvalue weighted by molar-refractivity contribution is 0.0598. The summed E-state index contributed by atoms with van der Waals surface area (Å²) in [6, 6.07) is 44.7. The van der Waals surface area contributed by atoms with Crippen molar-refractivity contribution in [2.45, 2.75) is 6.04 Å². The zero-order valence-electron chi connectivity index (χ0n) is 27.0. The van der Waals surface area contributed by atoms with Gasteiger partial charge in [-0.3, -0.25) is 19.8 Å². The monoisotopic (exact) mass is 670 g/mol. The highest BCUT2D eigenvalue weighted by atomic mass is 32.1. The Morgan fingerprint density at radius 2 is 1.16 bits per heavy atom. The predicted molar refractivity (Wildman–Crippen MR) is 196 cm³/mol. The Kier molecular flexibility index (Phi) is 11.3. The number of nitrogens with zero attached hydrogens (tertiary/aromatic N) is 2. The minimum Gasteiger partial charge on any atom is -0.490 e. The molecule has 5 aromatic carbocycles. The summed E-state index contributed by atoms with van der Waals surface area (Å²) in [6.45, 7) is 3.19. The Morgan fingerprint density at radius 3 is 1.82 bits per heavy atom. The van der Waals surface area contributed by atoms with Crippen LogP contribution in [0, 0.1) is 0 Å². The quantitative estimate of drug-likeness (QED) is 0.118. The number of benzene rings is 5. The van der Waals surface area contributed by atoms with E-state index in [4.69, 9.17) is 21.7 Å². The fourth-order valence-electron chi connectivity index (χ4n) is 5.95. The smallest absolute Gasteiger partial charge is 0.261 e. The van der Waals surface area contributed by atoms with Gasteiger partial charge in [0.2, 0.25) is 0 Å². The molecule has 0 atom stereocenters. The average molecular weight is 671 g/mol. The number of nitrogens with one attached hydrogen (secondary N) is 2. The molecule has 1 saturated heterocycles. The Bertz CT molecular complexity index is 1810. The molecular formula is C40H38N4O4S. The molecule has 0 aliphatic carbocycles. The van der Waals surface area contributed by atoms with Gasteiger partial charge in [-0.1, -0.05) is 103 Å². The van der Waals surface area contributed by atoms with Crippen LogP contribution in [0.15, 0.2) is 140 Å². The van der Waals surface area contributed by atoms with Gasteiger partial charge in [0, 0.05) is 26.2 Å².